The number of hydrogen-bond donors (Lipinski definition) is 1. The summed E-state index contributed by atoms with van der Waals surface area (Å²) >= 11 is 0. The van der Waals surface area contributed by atoms with Crippen molar-refractivity contribution < 1.29 is 13.5 Å². The summed E-state index contributed by atoms with van der Waals surface area (Å²) in [6.45, 7) is 1.11. The highest BCUT2D eigenvalue weighted by Crippen LogP contribution is 2.19. The molecule has 0 saturated carbocycles. The molecule has 0 heterocycles. The Morgan fingerprint density at radius 2 is 1.81 bits per heavy atom. The molecule has 1 aromatic carbocycles. The Morgan fingerprint density at radius 3 is 2.25 bits per heavy atom. The fraction of sp³-hybridized carbons (Fsp3) is 0.333. The van der Waals surface area contributed by atoms with Gasteiger partial charge in [-0.05, 0) is 31.5 Å². The van der Waals surface area contributed by atoms with Crippen molar-refractivity contribution in [1.29, 1.82) is 0 Å². The third kappa shape index (κ3) is 3.98. The van der Waals surface area contributed by atoms with Crippen LogP contribution in [0.1, 0.15) is 25.5 Å². The van der Waals surface area contributed by atoms with Crippen molar-refractivity contribution in [3.8, 4) is 5.75 Å². The van der Waals surface area contributed by atoms with Crippen molar-refractivity contribution in [2.75, 3.05) is 0 Å². The molecule has 2 N–H and O–H groups in total. The zero-order valence-electron chi connectivity index (χ0n) is 9.28. The second kappa shape index (κ2) is 5.61. The van der Waals surface area contributed by atoms with E-state index in [2.05, 4.69) is 4.74 Å². The molecule has 1 rings (SSSR count). The summed E-state index contributed by atoms with van der Waals surface area (Å²) in [6, 6.07) is 6.12. The van der Waals surface area contributed by atoms with Gasteiger partial charge in [-0.3, -0.25) is 0 Å². The highest BCUT2D eigenvalue weighted by Gasteiger charge is 2.06. The maximum atomic E-state index is 11.9. The van der Waals surface area contributed by atoms with Crippen LogP contribution in [0.5, 0.6) is 5.75 Å². The number of rotatable bonds is 4. The normalized spacial score (nSPS) is 12.4. The molecule has 0 aliphatic carbocycles. The standard InChI is InChI=1S/C12H15F2NO/c1-8(2)7-11(15)9-3-5-10(6-4-9)16-12(13)14/h3-7,11-12H,15H2,1-2H3. The van der Waals surface area contributed by atoms with E-state index in [1.807, 2.05) is 19.9 Å². The van der Waals surface area contributed by atoms with Crippen LogP contribution in [0.4, 0.5) is 8.78 Å². The summed E-state index contributed by atoms with van der Waals surface area (Å²) in [5, 5.41) is 0. The average Bonchev–Trinajstić information content (AvgIpc) is 2.16. The summed E-state index contributed by atoms with van der Waals surface area (Å²) in [7, 11) is 0. The first-order chi connectivity index (χ1) is 7.49. The van der Waals surface area contributed by atoms with E-state index < -0.39 is 6.61 Å². The van der Waals surface area contributed by atoms with Crippen LogP contribution in [0, 0.1) is 0 Å². The smallest absolute Gasteiger partial charge is 0.387 e. The summed E-state index contributed by atoms with van der Waals surface area (Å²) in [6.07, 6.45) is 1.91. The molecule has 0 radical (unpaired) electrons. The van der Waals surface area contributed by atoms with Crippen molar-refractivity contribution in [3.63, 3.8) is 0 Å². The highest BCUT2D eigenvalue weighted by atomic mass is 19.3. The molecule has 16 heavy (non-hydrogen) atoms. The average molecular weight is 227 g/mol. The molecule has 0 spiro atoms. The lowest BCUT2D eigenvalue weighted by Crippen LogP contribution is -2.07. The van der Waals surface area contributed by atoms with Crippen molar-refractivity contribution in [1.82, 2.24) is 0 Å². The van der Waals surface area contributed by atoms with E-state index in [1.165, 1.54) is 12.1 Å². The lowest BCUT2D eigenvalue weighted by Gasteiger charge is -2.09. The van der Waals surface area contributed by atoms with E-state index in [1.54, 1.807) is 12.1 Å². The Bertz CT molecular complexity index is 356. The van der Waals surface area contributed by atoms with E-state index in [0.29, 0.717) is 0 Å². The van der Waals surface area contributed by atoms with Gasteiger partial charge >= 0.3 is 6.61 Å². The quantitative estimate of drug-likeness (QED) is 0.801. The molecule has 1 aromatic rings. The fourth-order valence-electron chi connectivity index (χ4n) is 1.33. The Balaban J connectivity index is 2.74. The number of alkyl halides is 2. The predicted molar refractivity (Wildman–Crippen MR) is 59.4 cm³/mol. The van der Waals surface area contributed by atoms with Crippen LogP contribution >= 0.6 is 0 Å². The molecule has 0 amide bonds. The molecule has 0 bridgehead atoms. The Morgan fingerprint density at radius 1 is 1.25 bits per heavy atom. The Hall–Kier alpha value is -1.42. The van der Waals surface area contributed by atoms with Gasteiger partial charge in [-0.2, -0.15) is 8.78 Å². The number of nitrogens with two attached hydrogens (primary N) is 1. The fourth-order valence-corrected chi connectivity index (χ4v) is 1.33. The number of hydrogen-bond acceptors (Lipinski definition) is 2. The van der Waals surface area contributed by atoms with Crippen LogP contribution in [-0.2, 0) is 0 Å². The molecule has 2 nitrogen and oxygen atoms in total. The van der Waals surface area contributed by atoms with Gasteiger partial charge in [0.05, 0.1) is 0 Å². The van der Waals surface area contributed by atoms with Gasteiger partial charge in [0.15, 0.2) is 0 Å². The molecular weight excluding hydrogens is 212 g/mol. The van der Waals surface area contributed by atoms with E-state index in [4.69, 9.17) is 5.73 Å². The van der Waals surface area contributed by atoms with Crippen molar-refractivity contribution in [3.05, 3.63) is 41.5 Å². The maximum Gasteiger partial charge on any atom is 0.387 e. The van der Waals surface area contributed by atoms with Gasteiger partial charge in [-0.15, -0.1) is 0 Å². The van der Waals surface area contributed by atoms with Gasteiger partial charge in [0.1, 0.15) is 5.75 Å². The van der Waals surface area contributed by atoms with E-state index >= 15 is 0 Å². The lowest BCUT2D eigenvalue weighted by molar-refractivity contribution is -0.0498. The molecule has 4 heteroatoms. The van der Waals surface area contributed by atoms with Crippen LogP contribution in [0.25, 0.3) is 0 Å². The van der Waals surface area contributed by atoms with E-state index in [-0.39, 0.29) is 11.8 Å². The van der Waals surface area contributed by atoms with Crippen LogP contribution in [0.2, 0.25) is 0 Å². The van der Waals surface area contributed by atoms with Crippen LogP contribution in [0.15, 0.2) is 35.9 Å². The number of halogens is 2. The van der Waals surface area contributed by atoms with Crippen molar-refractivity contribution in [2.45, 2.75) is 26.5 Å². The highest BCUT2D eigenvalue weighted by molar-refractivity contribution is 5.31. The topological polar surface area (TPSA) is 35.2 Å². The molecular formula is C12H15F2NO. The first kappa shape index (κ1) is 12.6. The third-order valence-corrected chi connectivity index (χ3v) is 2.00. The van der Waals surface area contributed by atoms with Gasteiger partial charge in [-0.25, -0.2) is 0 Å². The maximum absolute atomic E-state index is 11.9. The van der Waals surface area contributed by atoms with Crippen LogP contribution in [-0.4, -0.2) is 6.61 Å². The summed E-state index contributed by atoms with van der Waals surface area (Å²) in [5.74, 6) is 0.142. The van der Waals surface area contributed by atoms with E-state index in [9.17, 15) is 8.78 Å². The molecule has 88 valence electrons. The van der Waals surface area contributed by atoms with E-state index in [0.717, 1.165) is 11.1 Å². The van der Waals surface area contributed by atoms with Crippen LogP contribution < -0.4 is 10.5 Å². The largest absolute Gasteiger partial charge is 0.435 e. The molecule has 1 unspecified atom stereocenters. The van der Waals surface area contributed by atoms with Crippen molar-refractivity contribution >= 4 is 0 Å². The number of allylic oxidation sites excluding steroid dienone is 1. The predicted octanol–water partition coefficient (Wildman–Crippen LogP) is 3.25. The summed E-state index contributed by atoms with van der Waals surface area (Å²) in [4.78, 5) is 0. The Kier molecular flexibility index (Phi) is 4.43. The number of ether oxygens (including phenoxy) is 1. The summed E-state index contributed by atoms with van der Waals surface area (Å²) in [5.41, 5.74) is 7.86. The molecule has 1 atom stereocenters. The second-order valence-corrected chi connectivity index (χ2v) is 3.72. The van der Waals surface area contributed by atoms with Gasteiger partial charge in [0.2, 0.25) is 0 Å². The van der Waals surface area contributed by atoms with Crippen molar-refractivity contribution in [2.24, 2.45) is 5.73 Å². The zero-order valence-corrected chi connectivity index (χ0v) is 9.28. The molecule has 0 fully saturated rings. The Labute approximate surface area is 93.7 Å². The van der Waals surface area contributed by atoms with Gasteiger partial charge in [0.25, 0.3) is 0 Å². The molecule has 0 aliphatic rings. The van der Waals surface area contributed by atoms with Gasteiger partial charge in [-0.1, -0.05) is 23.8 Å². The minimum atomic E-state index is -2.79. The van der Waals surface area contributed by atoms with Crippen LogP contribution in [0.3, 0.4) is 0 Å². The summed E-state index contributed by atoms with van der Waals surface area (Å²) < 4.78 is 28.0. The first-order valence-electron chi connectivity index (χ1n) is 4.94. The minimum absolute atomic E-state index is 0.142. The zero-order chi connectivity index (χ0) is 12.1. The second-order valence-electron chi connectivity index (χ2n) is 3.72. The monoisotopic (exact) mass is 227 g/mol. The number of benzene rings is 1. The molecule has 0 aromatic heterocycles. The van der Waals surface area contributed by atoms with Gasteiger partial charge in [0, 0.05) is 6.04 Å². The first-order valence-corrected chi connectivity index (χ1v) is 4.94. The lowest BCUT2D eigenvalue weighted by atomic mass is 10.1. The minimum Gasteiger partial charge on any atom is -0.435 e. The SMILES string of the molecule is CC(C)=CC(N)c1ccc(OC(F)F)cc1. The molecule has 0 saturated heterocycles. The van der Waals surface area contributed by atoms with Gasteiger partial charge < -0.3 is 10.5 Å². The third-order valence-electron chi connectivity index (χ3n) is 2.00. The molecule has 0 aliphatic heterocycles.